The van der Waals surface area contributed by atoms with E-state index in [-0.39, 0.29) is 17.8 Å². The van der Waals surface area contributed by atoms with E-state index in [0.717, 1.165) is 17.0 Å². The lowest BCUT2D eigenvalue weighted by Crippen LogP contribution is -2.17. The van der Waals surface area contributed by atoms with Gasteiger partial charge in [-0.25, -0.2) is 0 Å². The molecule has 1 heterocycles. The summed E-state index contributed by atoms with van der Waals surface area (Å²) in [6.07, 6.45) is 0.771. The average molecular weight is 215 g/mol. The molecule has 5 heteroatoms. The molecule has 0 saturated heterocycles. The molecule has 0 aliphatic carbocycles. The fourth-order valence-electron chi connectivity index (χ4n) is 1.42. The lowest BCUT2D eigenvalue weighted by atomic mass is 10.3. The largest absolute Gasteiger partial charge is 0.481 e. The van der Waals surface area contributed by atoms with E-state index in [1.807, 2.05) is 13.8 Å². The number of hydrogen-bond donors (Lipinski definition) is 1. The van der Waals surface area contributed by atoms with E-state index < -0.39 is 5.97 Å². The summed E-state index contributed by atoms with van der Waals surface area (Å²) in [7, 11) is 0. The number of nitrogens with zero attached hydrogens (tertiary/aromatic N) is 1. The molecule has 0 bridgehead atoms. The fourth-order valence-corrected chi connectivity index (χ4v) is 2.36. The van der Waals surface area contributed by atoms with Crippen LogP contribution in [0.5, 0.6) is 0 Å². The topological polar surface area (TPSA) is 59.3 Å². The maximum absolute atomic E-state index is 11.4. The van der Waals surface area contributed by atoms with Crippen molar-refractivity contribution in [2.45, 2.75) is 33.2 Å². The van der Waals surface area contributed by atoms with E-state index in [1.54, 1.807) is 4.57 Å². The summed E-state index contributed by atoms with van der Waals surface area (Å²) in [5.41, 5.74) is 0.959. The predicted octanol–water partition coefficient (Wildman–Crippen LogP) is 1.26. The Labute approximate surface area is 85.8 Å². The van der Waals surface area contributed by atoms with Crippen LogP contribution < -0.4 is 4.87 Å². The molecule has 0 aliphatic rings. The van der Waals surface area contributed by atoms with Crippen molar-refractivity contribution in [3.8, 4) is 0 Å². The fraction of sp³-hybridized carbons (Fsp3) is 0.556. The first-order valence-electron chi connectivity index (χ1n) is 4.47. The quantitative estimate of drug-likeness (QED) is 0.822. The van der Waals surface area contributed by atoms with Gasteiger partial charge in [-0.05, 0) is 13.3 Å². The van der Waals surface area contributed by atoms with E-state index >= 15 is 0 Å². The van der Waals surface area contributed by atoms with Crippen LogP contribution in [0.1, 0.15) is 23.9 Å². The third-order valence-electron chi connectivity index (χ3n) is 2.08. The molecule has 0 radical (unpaired) electrons. The Bertz CT molecular complexity index is 391. The molecule has 1 aromatic heterocycles. The highest BCUT2D eigenvalue weighted by Crippen LogP contribution is 2.11. The molecule has 0 amide bonds. The van der Waals surface area contributed by atoms with Crippen molar-refractivity contribution in [1.29, 1.82) is 0 Å². The highest BCUT2D eigenvalue weighted by atomic mass is 32.1. The maximum atomic E-state index is 11.4. The van der Waals surface area contributed by atoms with Gasteiger partial charge in [0.25, 0.3) is 0 Å². The monoisotopic (exact) mass is 215 g/mol. The standard InChI is InChI=1S/C9H13NO3S/c1-3-7-6(2)14-9(13)10(7)5-4-8(11)12/h3-5H2,1-2H3,(H,11,12). The SMILES string of the molecule is CCc1c(C)sc(=O)n1CCC(=O)O. The van der Waals surface area contributed by atoms with Gasteiger partial charge in [0.2, 0.25) is 0 Å². The molecule has 1 aromatic rings. The maximum Gasteiger partial charge on any atom is 0.307 e. The molecule has 0 atom stereocenters. The molecular formula is C9H13NO3S. The highest BCUT2D eigenvalue weighted by molar-refractivity contribution is 7.09. The van der Waals surface area contributed by atoms with Gasteiger partial charge < -0.3 is 9.67 Å². The van der Waals surface area contributed by atoms with Crippen LogP contribution in [0, 0.1) is 6.92 Å². The Morgan fingerprint density at radius 1 is 1.57 bits per heavy atom. The van der Waals surface area contributed by atoms with Gasteiger partial charge in [0.15, 0.2) is 0 Å². The zero-order valence-electron chi connectivity index (χ0n) is 8.24. The Hall–Kier alpha value is -1.10. The van der Waals surface area contributed by atoms with Crippen molar-refractivity contribution in [2.24, 2.45) is 0 Å². The van der Waals surface area contributed by atoms with Gasteiger partial charge >= 0.3 is 10.8 Å². The zero-order chi connectivity index (χ0) is 10.7. The van der Waals surface area contributed by atoms with Crippen molar-refractivity contribution in [3.05, 3.63) is 20.2 Å². The van der Waals surface area contributed by atoms with Gasteiger partial charge in [-0.1, -0.05) is 18.3 Å². The van der Waals surface area contributed by atoms with Gasteiger partial charge in [-0.3, -0.25) is 9.59 Å². The van der Waals surface area contributed by atoms with Crippen LogP contribution in [-0.4, -0.2) is 15.6 Å². The lowest BCUT2D eigenvalue weighted by Gasteiger charge is -2.04. The molecule has 4 nitrogen and oxygen atoms in total. The molecule has 0 aliphatic heterocycles. The van der Waals surface area contributed by atoms with Crippen LogP contribution in [0.3, 0.4) is 0 Å². The highest BCUT2D eigenvalue weighted by Gasteiger charge is 2.10. The number of aliphatic carboxylic acids is 1. The first kappa shape index (κ1) is 11.0. The predicted molar refractivity (Wildman–Crippen MR) is 54.9 cm³/mol. The van der Waals surface area contributed by atoms with Crippen molar-refractivity contribution in [1.82, 2.24) is 4.57 Å². The van der Waals surface area contributed by atoms with E-state index in [1.165, 1.54) is 11.3 Å². The number of carboxylic acid groups (broad SMARTS) is 1. The summed E-state index contributed by atoms with van der Waals surface area (Å²) in [5, 5.41) is 8.52. The van der Waals surface area contributed by atoms with E-state index in [9.17, 15) is 9.59 Å². The second-order valence-corrected chi connectivity index (χ2v) is 4.19. The van der Waals surface area contributed by atoms with Crippen LogP contribution in [0.4, 0.5) is 0 Å². The summed E-state index contributed by atoms with van der Waals surface area (Å²) < 4.78 is 1.56. The molecular weight excluding hydrogens is 202 g/mol. The number of thiazole rings is 1. The minimum Gasteiger partial charge on any atom is -0.481 e. The minimum atomic E-state index is -0.872. The van der Waals surface area contributed by atoms with Crippen LogP contribution in [0.2, 0.25) is 0 Å². The summed E-state index contributed by atoms with van der Waals surface area (Å²) in [6, 6.07) is 0. The lowest BCUT2D eigenvalue weighted by molar-refractivity contribution is -0.137. The number of aromatic nitrogens is 1. The molecule has 0 aromatic carbocycles. The van der Waals surface area contributed by atoms with Crippen molar-refractivity contribution >= 4 is 17.3 Å². The van der Waals surface area contributed by atoms with E-state index in [4.69, 9.17) is 5.11 Å². The van der Waals surface area contributed by atoms with Crippen molar-refractivity contribution in [3.63, 3.8) is 0 Å². The third-order valence-corrected chi connectivity index (χ3v) is 3.01. The minimum absolute atomic E-state index is 0.00306. The van der Waals surface area contributed by atoms with Crippen molar-refractivity contribution < 1.29 is 9.90 Å². The van der Waals surface area contributed by atoms with Crippen molar-refractivity contribution in [2.75, 3.05) is 0 Å². The van der Waals surface area contributed by atoms with Gasteiger partial charge in [0, 0.05) is 17.1 Å². The van der Waals surface area contributed by atoms with Crippen LogP contribution in [0.25, 0.3) is 0 Å². The summed E-state index contributed by atoms with van der Waals surface area (Å²) in [6.45, 7) is 4.13. The second kappa shape index (κ2) is 4.41. The number of carboxylic acids is 1. The summed E-state index contributed by atoms with van der Waals surface area (Å²) >= 11 is 1.19. The molecule has 0 unspecified atom stereocenters. The number of aryl methyl sites for hydroxylation is 1. The van der Waals surface area contributed by atoms with Crippen LogP contribution in [0.15, 0.2) is 4.79 Å². The van der Waals surface area contributed by atoms with Crippen LogP contribution >= 0.6 is 11.3 Å². The van der Waals surface area contributed by atoms with Gasteiger partial charge in [0.05, 0.1) is 6.42 Å². The second-order valence-electron chi connectivity index (χ2n) is 3.02. The molecule has 1 rings (SSSR count). The van der Waals surface area contributed by atoms with E-state index in [2.05, 4.69) is 0 Å². The summed E-state index contributed by atoms with van der Waals surface area (Å²) in [5.74, 6) is -0.872. The molecule has 14 heavy (non-hydrogen) atoms. The number of carbonyl (C=O) groups is 1. The third kappa shape index (κ3) is 2.23. The normalized spacial score (nSPS) is 10.4. The molecule has 1 N–H and O–H groups in total. The smallest absolute Gasteiger partial charge is 0.307 e. The Balaban J connectivity index is 2.94. The first-order chi connectivity index (χ1) is 6.56. The van der Waals surface area contributed by atoms with Gasteiger partial charge in [-0.2, -0.15) is 0 Å². The van der Waals surface area contributed by atoms with E-state index in [0.29, 0.717) is 0 Å². The summed E-state index contributed by atoms with van der Waals surface area (Å²) in [4.78, 5) is 22.7. The van der Waals surface area contributed by atoms with Crippen LogP contribution in [-0.2, 0) is 17.8 Å². The number of rotatable bonds is 4. The first-order valence-corrected chi connectivity index (χ1v) is 5.28. The number of hydrogen-bond acceptors (Lipinski definition) is 3. The van der Waals surface area contributed by atoms with Gasteiger partial charge in [-0.15, -0.1) is 0 Å². The zero-order valence-corrected chi connectivity index (χ0v) is 9.06. The Morgan fingerprint density at radius 2 is 2.21 bits per heavy atom. The molecule has 78 valence electrons. The Morgan fingerprint density at radius 3 is 2.71 bits per heavy atom. The van der Waals surface area contributed by atoms with Gasteiger partial charge in [0.1, 0.15) is 0 Å². The average Bonchev–Trinajstić information content (AvgIpc) is 2.36. The Kier molecular flexibility index (Phi) is 3.46. The molecule has 0 saturated carbocycles. The molecule has 0 spiro atoms. The molecule has 0 fully saturated rings.